The Labute approximate surface area is 180 Å². The Bertz CT molecular complexity index is 973. The fourth-order valence-corrected chi connectivity index (χ4v) is 6.33. The van der Waals surface area contributed by atoms with E-state index in [1.54, 1.807) is 16.2 Å². The topological polar surface area (TPSA) is 79.5 Å². The first-order valence-corrected chi connectivity index (χ1v) is 11.8. The van der Waals surface area contributed by atoms with Gasteiger partial charge in [-0.05, 0) is 73.8 Å². The third-order valence-corrected chi connectivity index (χ3v) is 8.40. The molecule has 1 atom stereocenters. The van der Waals surface area contributed by atoms with Gasteiger partial charge in [0.2, 0.25) is 5.91 Å². The first kappa shape index (κ1) is 19.7. The van der Waals surface area contributed by atoms with Crippen LogP contribution in [0.1, 0.15) is 64.3 Å². The standard InChI is InChI=1S/C22H28N4O3S/c1-14-18(24-29-23-14)12-25(2)20(27)17-11-22(17)7-9-26(10-8-22)21(28)19-16-6-4-3-5-15(16)13-30-19/h13,17H,3-12H2,1-2H3. The number of hydrogen-bond acceptors (Lipinski definition) is 6. The summed E-state index contributed by atoms with van der Waals surface area (Å²) in [4.78, 5) is 30.8. The second-order valence-corrected chi connectivity index (χ2v) is 10.1. The van der Waals surface area contributed by atoms with Gasteiger partial charge in [0.15, 0.2) is 0 Å². The summed E-state index contributed by atoms with van der Waals surface area (Å²) < 4.78 is 4.74. The van der Waals surface area contributed by atoms with E-state index in [2.05, 4.69) is 15.7 Å². The quantitative estimate of drug-likeness (QED) is 0.747. The number of thiophene rings is 1. The van der Waals surface area contributed by atoms with Crippen molar-refractivity contribution in [3.8, 4) is 0 Å². The summed E-state index contributed by atoms with van der Waals surface area (Å²) in [7, 11) is 1.82. The summed E-state index contributed by atoms with van der Waals surface area (Å²) in [6, 6.07) is 0. The first-order chi connectivity index (χ1) is 14.5. The number of likely N-dealkylation sites (tertiary alicyclic amines) is 1. The van der Waals surface area contributed by atoms with Gasteiger partial charge in [0.25, 0.3) is 5.91 Å². The van der Waals surface area contributed by atoms with Crippen molar-refractivity contribution >= 4 is 23.2 Å². The van der Waals surface area contributed by atoms with Crippen molar-refractivity contribution in [2.75, 3.05) is 20.1 Å². The van der Waals surface area contributed by atoms with Crippen LogP contribution in [-0.4, -0.2) is 52.1 Å². The van der Waals surface area contributed by atoms with E-state index in [0.29, 0.717) is 12.2 Å². The fraction of sp³-hybridized carbons (Fsp3) is 0.636. The van der Waals surface area contributed by atoms with Gasteiger partial charge in [-0.1, -0.05) is 10.3 Å². The summed E-state index contributed by atoms with van der Waals surface area (Å²) in [6.07, 6.45) is 7.35. The maximum Gasteiger partial charge on any atom is 0.264 e. The number of fused-ring (bicyclic) bond motifs is 1. The van der Waals surface area contributed by atoms with Crippen LogP contribution in [0.4, 0.5) is 0 Å². The molecule has 0 N–H and O–H groups in total. The molecule has 1 saturated heterocycles. The fourth-order valence-electron chi connectivity index (χ4n) is 5.21. The van der Waals surface area contributed by atoms with Crippen molar-refractivity contribution in [2.45, 2.75) is 58.4 Å². The minimum Gasteiger partial charge on any atom is -0.339 e. The summed E-state index contributed by atoms with van der Waals surface area (Å²) in [5, 5.41) is 9.85. The summed E-state index contributed by atoms with van der Waals surface area (Å²) in [6.45, 7) is 3.77. The van der Waals surface area contributed by atoms with Crippen LogP contribution in [-0.2, 0) is 24.2 Å². The number of carbonyl (C=O) groups is 2. The van der Waals surface area contributed by atoms with Gasteiger partial charge < -0.3 is 9.80 Å². The van der Waals surface area contributed by atoms with E-state index in [9.17, 15) is 9.59 Å². The number of carbonyl (C=O) groups excluding carboxylic acids is 2. The molecule has 1 saturated carbocycles. The molecule has 3 aliphatic rings. The van der Waals surface area contributed by atoms with Gasteiger partial charge in [-0.2, -0.15) is 0 Å². The van der Waals surface area contributed by atoms with E-state index in [-0.39, 0.29) is 23.1 Å². The Balaban J connectivity index is 1.18. The van der Waals surface area contributed by atoms with Gasteiger partial charge in [-0.25, -0.2) is 4.63 Å². The summed E-state index contributed by atoms with van der Waals surface area (Å²) in [5.74, 6) is 0.437. The zero-order valence-corrected chi connectivity index (χ0v) is 18.5. The Morgan fingerprint density at radius 3 is 2.77 bits per heavy atom. The Morgan fingerprint density at radius 2 is 2.03 bits per heavy atom. The molecule has 2 amide bonds. The second-order valence-electron chi connectivity index (χ2n) is 9.18. The minimum atomic E-state index is 0.0643. The number of amides is 2. The van der Waals surface area contributed by atoms with E-state index < -0.39 is 0 Å². The maximum atomic E-state index is 13.1. The molecule has 0 radical (unpaired) electrons. The first-order valence-electron chi connectivity index (χ1n) is 10.9. The normalized spacial score (nSPS) is 22.1. The monoisotopic (exact) mass is 428 g/mol. The van der Waals surface area contributed by atoms with Crippen LogP contribution < -0.4 is 0 Å². The van der Waals surface area contributed by atoms with Crippen molar-refractivity contribution in [1.82, 2.24) is 20.1 Å². The van der Waals surface area contributed by atoms with Crippen LogP contribution in [0.25, 0.3) is 0 Å². The smallest absolute Gasteiger partial charge is 0.264 e. The maximum absolute atomic E-state index is 13.1. The van der Waals surface area contributed by atoms with Gasteiger partial charge in [-0.3, -0.25) is 9.59 Å². The molecule has 30 heavy (non-hydrogen) atoms. The molecule has 5 rings (SSSR count). The van der Waals surface area contributed by atoms with Crippen LogP contribution in [0.15, 0.2) is 10.0 Å². The van der Waals surface area contributed by atoms with Crippen LogP contribution in [0.3, 0.4) is 0 Å². The van der Waals surface area contributed by atoms with Crippen molar-refractivity contribution in [3.63, 3.8) is 0 Å². The number of piperidine rings is 1. The molecule has 8 heteroatoms. The van der Waals surface area contributed by atoms with E-state index in [4.69, 9.17) is 4.63 Å². The van der Waals surface area contributed by atoms with E-state index in [0.717, 1.165) is 55.8 Å². The lowest BCUT2D eigenvalue weighted by atomic mass is 9.89. The van der Waals surface area contributed by atoms with Crippen LogP contribution in [0, 0.1) is 18.3 Å². The molecule has 1 unspecified atom stereocenters. The SMILES string of the molecule is Cc1nonc1CN(C)C(=O)C1CC12CCN(C(=O)c1scc3c1CCCC3)CC2. The minimum absolute atomic E-state index is 0.0643. The number of rotatable bonds is 4. The molecular formula is C22H28N4O3S. The highest BCUT2D eigenvalue weighted by Crippen LogP contribution is 2.60. The molecule has 7 nitrogen and oxygen atoms in total. The molecule has 2 aromatic rings. The molecule has 1 aliphatic heterocycles. The van der Waals surface area contributed by atoms with Crippen LogP contribution in [0.2, 0.25) is 0 Å². The van der Waals surface area contributed by atoms with Crippen molar-refractivity contribution < 1.29 is 14.2 Å². The largest absolute Gasteiger partial charge is 0.339 e. The van der Waals surface area contributed by atoms with E-state index in [1.807, 2.05) is 18.9 Å². The highest BCUT2D eigenvalue weighted by atomic mass is 32.1. The molecule has 160 valence electrons. The lowest BCUT2D eigenvalue weighted by Crippen LogP contribution is -2.41. The predicted octanol–water partition coefficient (Wildman–Crippen LogP) is 3.22. The van der Waals surface area contributed by atoms with Crippen LogP contribution >= 0.6 is 11.3 Å². The molecular weight excluding hydrogens is 400 g/mol. The molecule has 2 aliphatic carbocycles. The van der Waals surface area contributed by atoms with Gasteiger partial charge in [0, 0.05) is 26.1 Å². The predicted molar refractivity (Wildman–Crippen MR) is 112 cm³/mol. The number of nitrogens with zero attached hydrogens (tertiary/aromatic N) is 4. The number of hydrogen-bond donors (Lipinski definition) is 0. The van der Waals surface area contributed by atoms with Crippen molar-refractivity contribution in [1.29, 1.82) is 0 Å². The van der Waals surface area contributed by atoms with Crippen molar-refractivity contribution in [2.24, 2.45) is 11.3 Å². The highest BCUT2D eigenvalue weighted by molar-refractivity contribution is 7.12. The third kappa shape index (κ3) is 3.35. The average Bonchev–Trinajstić information content (AvgIpc) is 3.08. The molecule has 0 aromatic carbocycles. The Hall–Kier alpha value is -2.22. The van der Waals surface area contributed by atoms with Gasteiger partial charge in [0.1, 0.15) is 11.4 Å². The number of aryl methyl sites for hydroxylation is 2. The second kappa shape index (κ2) is 7.48. The van der Waals surface area contributed by atoms with Gasteiger partial charge in [-0.15, -0.1) is 11.3 Å². The van der Waals surface area contributed by atoms with Crippen LogP contribution in [0.5, 0.6) is 0 Å². The third-order valence-electron chi connectivity index (χ3n) is 7.34. The zero-order valence-electron chi connectivity index (χ0n) is 17.6. The Kier molecular flexibility index (Phi) is 4.92. The average molecular weight is 429 g/mol. The highest BCUT2D eigenvalue weighted by Gasteiger charge is 2.59. The van der Waals surface area contributed by atoms with E-state index >= 15 is 0 Å². The summed E-state index contributed by atoms with van der Waals surface area (Å²) >= 11 is 1.62. The molecule has 3 heterocycles. The molecule has 0 bridgehead atoms. The lowest BCUT2D eigenvalue weighted by Gasteiger charge is -2.33. The lowest BCUT2D eigenvalue weighted by molar-refractivity contribution is -0.133. The van der Waals surface area contributed by atoms with Gasteiger partial charge >= 0.3 is 0 Å². The summed E-state index contributed by atoms with van der Waals surface area (Å²) in [5.41, 5.74) is 4.20. The zero-order chi connectivity index (χ0) is 20.9. The molecule has 2 aromatic heterocycles. The van der Waals surface area contributed by atoms with E-state index in [1.165, 1.54) is 24.0 Å². The van der Waals surface area contributed by atoms with Gasteiger partial charge in [0.05, 0.1) is 11.4 Å². The van der Waals surface area contributed by atoms with Crippen molar-refractivity contribution in [3.05, 3.63) is 32.8 Å². The molecule has 2 fully saturated rings. The number of aromatic nitrogens is 2. The Morgan fingerprint density at radius 1 is 1.27 bits per heavy atom. The molecule has 1 spiro atoms.